The van der Waals surface area contributed by atoms with Crippen molar-refractivity contribution in [3.8, 4) is 17.2 Å². The molecule has 0 N–H and O–H groups in total. The van der Waals surface area contributed by atoms with Gasteiger partial charge in [-0.15, -0.1) is 0 Å². The lowest BCUT2D eigenvalue weighted by atomic mass is 10.1. The fraction of sp³-hybridized carbons (Fsp3) is 0.435. The van der Waals surface area contributed by atoms with Crippen molar-refractivity contribution < 1.29 is 23.7 Å². The molecule has 3 rings (SSSR count). The third-order valence-corrected chi connectivity index (χ3v) is 5.29. The van der Waals surface area contributed by atoms with Gasteiger partial charge in [-0.1, -0.05) is 18.2 Å². The second-order valence-electron chi connectivity index (χ2n) is 7.19. The van der Waals surface area contributed by atoms with E-state index in [-0.39, 0.29) is 12.3 Å². The monoisotopic (exact) mass is 414 g/mol. The smallest absolute Gasteiger partial charge is 0.227 e. The number of methoxy groups -OCH3 is 3. The number of carbonyl (C=O) groups is 1. The number of ether oxygens (including phenoxy) is 4. The Morgan fingerprint density at radius 2 is 1.63 bits per heavy atom. The van der Waals surface area contributed by atoms with E-state index in [0.717, 1.165) is 37.4 Å². The fourth-order valence-electron chi connectivity index (χ4n) is 3.60. The molecule has 1 heterocycles. The number of rotatable bonds is 8. The highest BCUT2D eigenvalue weighted by Crippen LogP contribution is 2.40. The molecule has 0 saturated carbocycles. The Bertz CT molecular complexity index is 847. The second-order valence-corrected chi connectivity index (χ2v) is 7.19. The van der Waals surface area contributed by atoms with Gasteiger partial charge in [0, 0.05) is 37.9 Å². The summed E-state index contributed by atoms with van der Waals surface area (Å²) in [5, 5.41) is 0. The van der Waals surface area contributed by atoms with Gasteiger partial charge in [0.15, 0.2) is 11.5 Å². The second kappa shape index (κ2) is 10.2. The van der Waals surface area contributed by atoms with Gasteiger partial charge in [-0.2, -0.15) is 0 Å². The van der Waals surface area contributed by atoms with E-state index in [2.05, 4.69) is 29.2 Å². The summed E-state index contributed by atoms with van der Waals surface area (Å²) in [6.07, 6.45) is 0.214. The molecule has 0 unspecified atom stereocenters. The maximum absolute atomic E-state index is 12.8. The lowest BCUT2D eigenvalue weighted by Gasteiger charge is -2.29. The molecule has 162 valence electrons. The molecule has 0 spiro atoms. The number of hydrogen-bond donors (Lipinski definition) is 0. The first-order chi connectivity index (χ1) is 14.6. The number of benzene rings is 2. The Morgan fingerprint density at radius 3 is 2.23 bits per heavy atom. The zero-order chi connectivity index (χ0) is 21.5. The molecule has 1 saturated heterocycles. The van der Waals surface area contributed by atoms with Crippen LogP contribution in [0.5, 0.6) is 17.2 Å². The van der Waals surface area contributed by atoms with Crippen molar-refractivity contribution in [1.29, 1.82) is 0 Å². The van der Waals surface area contributed by atoms with Crippen LogP contribution in [0.3, 0.4) is 0 Å². The molecule has 30 heavy (non-hydrogen) atoms. The molecule has 2 aromatic rings. The van der Waals surface area contributed by atoms with Crippen molar-refractivity contribution in [2.75, 3.05) is 59.6 Å². The summed E-state index contributed by atoms with van der Waals surface area (Å²) in [7, 11) is 6.50. The van der Waals surface area contributed by atoms with Crippen LogP contribution in [0.25, 0.3) is 0 Å². The van der Waals surface area contributed by atoms with Crippen LogP contribution in [-0.4, -0.2) is 65.5 Å². The van der Waals surface area contributed by atoms with E-state index in [9.17, 15) is 4.79 Å². The molecule has 2 aromatic carbocycles. The summed E-state index contributed by atoms with van der Waals surface area (Å²) in [5.74, 6) is 1.58. The SMILES string of the molecule is COc1ccc(CC(=O)N(C)Cc2ccc(N3CCOCC3)cc2)c(OC)c1OC. The van der Waals surface area contributed by atoms with Crippen LogP contribution >= 0.6 is 0 Å². The van der Waals surface area contributed by atoms with Gasteiger partial charge in [0.05, 0.1) is 41.0 Å². The highest BCUT2D eigenvalue weighted by Gasteiger charge is 2.19. The summed E-state index contributed by atoms with van der Waals surface area (Å²) in [6, 6.07) is 12.0. The lowest BCUT2D eigenvalue weighted by molar-refractivity contribution is -0.129. The molecule has 0 bridgehead atoms. The molecule has 0 atom stereocenters. The van der Waals surface area contributed by atoms with Crippen LogP contribution in [0.4, 0.5) is 5.69 Å². The van der Waals surface area contributed by atoms with Crippen LogP contribution in [-0.2, 0) is 22.5 Å². The van der Waals surface area contributed by atoms with Crippen molar-refractivity contribution >= 4 is 11.6 Å². The maximum Gasteiger partial charge on any atom is 0.227 e. The van der Waals surface area contributed by atoms with Crippen molar-refractivity contribution in [2.24, 2.45) is 0 Å². The van der Waals surface area contributed by atoms with Gasteiger partial charge in [0.1, 0.15) is 0 Å². The van der Waals surface area contributed by atoms with Gasteiger partial charge in [0.2, 0.25) is 11.7 Å². The summed E-state index contributed by atoms with van der Waals surface area (Å²) in [4.78, 5) is 16.9. The number of likely N-dealkylation sites (N-methyl/N-ethyl adjacent to an activating group) is 1. The van der Waals surface area contributed by atoms with Gasteiger partial charge < -0.3 is 28.7 Å². The Kier molecular flexibility index (Phi) is 7.41. The molecular weight excluding hydrogens is 384 g/mol. The molecule has 0 aromatic heterocycles. The van der Waals surface area contributed by atoms with Gasteiger partial charge in [-0.3, -0.25) is 4.79 Å². The third-order valence-electron chi connectivity index (χ3n) is 5.29. The minimum Gasteiger partial charge on any atom is -0.493 e. The topological polar surface area (TPSA) is 60.5 Å². The Hall–Kier alpha value is -2.93. The quantitative estimate of drug-likeness (QED) is 0.662. The number of morpholine rings is 1. The van der Waals surface area contributed by atoms with E-state index in [4.69, 9.17) is 18.9 Å². The van der Waals surface area contributed by atoms with E-state index < -0.39 is 0 Å². The summed E-state index contributed by atoms with van der Waals surface area (Å²) < 4.78 is 21.6. The molecule has 1 aliphatic heterocycles. The minimum atomic E-state index is -0.00206. The van der Waals surface area contributed by atoms with Crippen LogP contribution in [0, 0.1) is 0 Å². The van der Waals surface area contributed by atoms with E-state index in [1.165, 1.54) is 5.69 Å². The molecular formula is C23H30N2O5. The normalized spacial score (nSPS) is 13.7. The molecule has 0 aliphatic carbocycles. The van der Waals surface area contributed by atoms with Crippen molar-refractivity contribution in [1.82, 2.24) is 4.90 Å². The first kappa shape index (κ1) is 21.8. The van der Waals surface area contributed by atoms with Gasteiger partial charge >= 0.3 is 0 Å². The van der Waals surface area contributed by atoms with E-state index in [1.807, 2.05) is 13.1 Å². The summed E-state index contributed by atoms with van der Waals surface area (Å²) >= 11 is 0. The first-order valence-electron chi connectivity index (χ1n) is 10.0. The van der Waals surface area contributed by atoms with Crippen molar-refractivity contribution in [3.05, 3.63) is 47.5 Å². The largest absolute Gasteiger partial charge is 0.493 e. The van der Waals surface area contributed by atoms with Crippen LogP contribution < -0.4 is 19.1 Å². The average Bonchev–Trinajstić information content (AvgIpc) is 2.79. The molecule has 1 fully saturated rings. The standard InChI is InChI=1S/C23H30N2O5/c1-24(16-17-5-8-19(9-6-17)25-11-13-30-14-12-25)21(26)15-18-7-10-20(27-2)23(29-4)22(18)28-3/h5-10H,11-16H2,1-4H3. The predicted molar refractivity (Wildman–Crippen MR) is 116 cm³/mol. The molecule has 0 radical (unpaired) electrons. The van der Waals surface area contributed by atoms with E-state index in [1.54, 1.807) is 32.3 Å². The highest BCUT2D eigenvalue weighted by molar-refractivity contribution is 5.80. The van der Waals surface area contributed by atoms with Gasteiger partial charge in [0.25, 0.3) is 0 Å². The van der Waals surface area contributed by atoms with Crippen LogP contribution in [0.15, 0.2) is 36.4 Å². The fourth-order valence-corrected chi connectivity index (χ4v) is 3.60. The minimum absolute atomic E-state index is 0.00206. The first-order valence-corrected chi connectivity index (χ1v) is 10.0. The van der Waals surface area contributed by atoms with Crippen molar-refractivity contribution in [2.45, 2.75) is 13.0 Å². The average molecular weight is 415 g/mol. The number of anilines is 1. The molecule has 1 amide bonds. The summed E-state index contributed by atoms with van der Waals surface area (Å²) in [6.45, 7) is 3.88. The van der Waals surface area contributed by atoms with Crippen LogP contribution in [0.2, 0.25) is 0 Å². The van der Waals surface area contributed by atoms with Gasteiger partial charge in [-0.25, -0.2) is 0 Å². The zero-order valence-electron chi connectivity index (χ0n) is 18.1. The van der Waals surface area contributed by atoms with Crippen LogP contribution in [0.1, 0.15) is 11.1 Å². The molecule has 7 heteroatoms. The number of hydrogen-bond acceptors (Lipinski definition) is 6. The lowest BCUT2D eigenvalue weighted by Crippen LogP contribution is -2.36. The van der Waals surface area contributed by atoms with Gasteiger partial charge in [-0.05, 0) is 23.8 Å². The molecule has 7 nitrogen and oxygen atoms in total. The maximum atomic E-state index is 12.8. The Labute approximate surface area is 178 Å². The summed E-state index contributed by atoms with van der Waals surface area (Å²) in [5.41, 5.74) is 3.03. The van der Waals surface area contributed by atoms with E-state index in [0.29, 0.717) is 23.8 Å². The highest BCUT2D eigenvalue weighted by atomic mass is 16.5. The Morgan fingerprint density at radius 1 is 0.967 bits per heavy atom. The number of amides is 1. The van der Waals surface area contributed by atoms with Crippen molar-refractivity contribution in [3.63, 3.8) is 0 Å². The number of nitrogens with zero attached hydrogens (tertiary/aromatic N) is 2. The van der Waals surface area contributed by atoms with E-state index >= 15 is 0 Å². The molecule has 1 aliphatic rings. The Balaban J connectivity index is 1.65. The predicted octanol–water partition coefficient (Wildman–Crippen LogP) is 2.75. The number of carbonyl (C=O) groups excluding carboxylic acids is 1. The third kappa shape index (κ3) is 4.97. The zero-order valence-corrected chi connectivity index (χ0v) is 18.1.